The molecule has 0 aliphatic heterocycles. The molecule has 104 valence electrons. The molecule has 6 heteroatoms. The molecule has 6 nitrogen and oxygen atoms in total. The monoisotopic (exact) mass is 268 g/mol. The number of unbranched alkanes of at least 4 members (excludes halogenated alkanes) is 2. The molecular weight excluding hydrogens is 252 g/mol. The number of allylic oxidation sites excluding steroid dienone is 2. The smallest absolute Gasteiger partial charge is 0.333 e. The Bertz CT molecular complexity index is 381. The Hall–Kier alpha value is -2.37. The lowest BCUT2D eigenvalue weighted by molar-refractivity contribution is -0.160. The van der Waals surface area contributed by atoms with E-state index in [2.05, 4.69) is 16.1 Å². The van der Waals surface area contributed by atoms with E-state index in [-0.39, 0.29) is 0 Å². The fourth-order valence-corrected chi connectivity index (χ4v) is 0.970. The summed E-state index contributed by atoms with van der Waals surface area (Å²) < 4.78 is 9.01. The van der Waals surface area contributed by atoms with Crippen LogP contribution in [0.4, 0.5) is 0 Å². The second-order valence-corrected chi connectivity index (χ2v) is 3.32. The molecule has 0 fully saturated rings. The minimum atomic E-state index is -0.979. The second kappa shape index (κ2) is 10.8. The van der Waals surface area contributed by atoms with Crippen molar-refractivity contribution in [1.82, 2.24) is 0 Å². The van der Waals surface area contributed by atoms with Crippen molar-refractivity contribution in [2.45, 2.75) is 19.3 Å². The average molecular weight is 268 g/mol. The van der Waals surface area contributed by atoms with Gasteiger partial charge in [-0.2, -0.15) is 0 Å². The van der Waals surface area contributed by atoms with Gasteiger partial charge in [-0.15, -0.1) is 0 Å². The van der Waals surface area contributed by atoms with Crippen molar-refractivity contribution in [3.05, 3.63) is 37.0 Å². The zero-order valence-electron chi connectivity index (χ0n) is 10.4. The Morgan fingerprint density at radius 3 is 2.16 bits per heavy atom. The van der Waals surface area contributed by atoms with Gasteiger partial charge in [0.25, 0.3) is 0 Å². The number of aliphatic carboxylic acids is 1. The summed E-state index contributed by atoms with van der Waals surface area (Å²) in [6.07, 6.45) is 8.37. The molecule has 0 heterocycles. The van der Waals surface area contributed by atoms with E-state index >= 15 is 0 Å². The summed E-state index contributed by atoms with van der Waals surface area (Å²) >= 11 is 0. The van der Waals surface area contributed by atoms with E-state index in [1.807, 2.05) is 0 Å². The molecule has 0 bridgehead atoms. The van der Waals surface area contributed by atoms with Gasteiger partial charge < -0.3 is 14.6 Å². The van der Waals surface area contributed by atoms with Crippen LogP contribution in [0.3, 0.4) is 0 Å². The van der Waals surface area contributed by atoms with Crippen LogP contribution in [0.25, 0.3) is 0 Å². The SMILES string of the molecule is C=CC(=O)OCOC(=O)C=CCCCC=CC(=O)O. The van der Waals surface area contributed by atoms with E-state index in [4.69, 9.17) is 5.11 Å². The van der Waals surface area contributed by atoms with Crippen LogP contribution < -0.4 is 0 Å². The second-order valence-electron chi connectivity index (χ2n) is 3.32. The van der Waals surface area contributed by atoms with Crippen LogP contribution in [0, 0.1) is 0 Å². The van der Waals surface area contributed by atoms with Crippen LogP contribution in [-0.2, 0) is 23.9 Å². The van der Waals surface area contributed by atoms with E-state index in [9.17, 15) is 14.4 Å². The predicted molar refractivity (Wildman–Crippen MR) is 67.0 cm³/mol. The summed E-state index contributed by atoms with van der Waals surface area (Å²) in [6, 6.07) is 0. The Balaban J connectivity index is 3.59. The molecule has 1 N–H and O–H groups in total. The third-order valence-electron chi connectivity index (χ3n) is 1.82. The number of esters is 2. The third-order valence-corrected chi connectivity index (χ3v) is 1.82. The molecule has 0 aromatic rings. The molecule has 0 aromatic heterocycles. The summed E-state index contributed by atoms with van der Waals surface area (Å²) in [5.41, 5.74) is 0. The van der Waals surface area contributed by atoms with Crippen molar-refractivity contribution in [1.29, 1.82) is 0 Å². The van der Waals surface area contributed by atoms with Crippen LogP contribution in [0.1, 0.15) is 19.3 Å². The molecule has 0 saturated heterocycles. The van der Waals surface area contributed by atoms with Gasteiger partial charge in [-0.05, 0) is 19.3 Å². The van der Waals surface area contributed by atoms with Crippen molar-refractivity contribution in [3.63, 3.8) is 0 Å². The van der Waals surface area contributed by atoms with E-state index in [0.717, 1.165) is 18.6 Å². The first-order valence-electron chi connectivity index (χ1n) is 5.58. The zero-order valence-corrected chi connectivity index (χ0v) is 10.4. The van der Waals surface area contributed by atoms with Crippen LogP contribution >= 0.6 is 0 Å². The van der Waals surface area contributed by atoms with Gasteiger partial charge in [-0.25, -0.2) is 14.4 Å². The number of carbonyl (C=O) groups excluding carboxylic acids is 2. The number of carboxylic acid groups (broad SMARTS) is 1. The minimum Gasteiger partial charge on any atom is -0.478 e. The summed E-state index contributed by atoms with van der Waals surface area (Å²) in [5.74, 6) is -2.26. The Morgan fingerprint density at radius 2 is 1.58 bits per heavy atom. The van der Waals surface area contributed by atoms with Gasteiger partial charge >= 0.3 is 17.9 Å². The first kappa shape index (κ1) is 16.6. The number of ether oxygens (including phenoxy) is 2. The van der Waals surface area contributed by atoms with Gasteiger partial charge in [-0.1, -0.05) is 18.7 Å². The molecule has 0 rings (SSSR count). The zero-order chi connectivity index (χ0) is 14.5. The first-order chi connectivity index (χ1) is 9.06. The maximum absolute atomic E-state index is 11.1. The maximum atomic E-state index is 11.1. The molecular formula is C13H16O6. The summed E-state index contributed by atoms with van der Waals surface area (Å²) in [6.45, 7) is 2.73. The molecule has 0 amide bonds. The van der Waals surface area contributed by atoms with Gasteiger partial charge in [0.05, 0.1) is 0 Å². The molecule has 0 unspecified atom stereocenters. The number of carbonyl (C=O) groups is 3. The van der Waals surface area contributed by atoms with Crippen molar-refractivity contribution >= 4 is 17.9 Å². The molecule has 0 spiro atoms. The maximum Gasteiger partial charge on any atom is 0.333 e. The number of rotatable bonds is 9. The van der Waals surface area contributed by atoms with Crippen LogP contribution in [0.2, 0.25) is 0 Å². The highest BCUT2D eigenvalue weighted by atomic mass is 16.7. The molecule has 0 aliphatic rings. The average Bonchev–Trinajstić information content (AvgIpc) is 2.37. The molecule has 0 aliphatic carbocycles. The summed E-state index contributed by atoms with van der Waals surface area (Å²) in [5, 5.41) is 8.32. The Morgan fingerprint density at radius 1 is 1.00 bits per heavy atom. The van der Waals surface area contributed by atoms with Gasteiger partial charge in [0.1, 0.15) is 0 Å². The molecule has 0 saturated carbocycles. The predicted octanol–water partition coefficient (Wildman–Crippen LogP) is 1.58. The summed E-state index contributed by atoms with van der Waals surface area (Å²) in [4.78, 5) is 31.8. The lowest BCUT2D eigenvalue weighted by Crippen LogP contribution is -2.09. The van der Waals surface area contributed by atoms with Crippen molar-refractivity contribution < 1.29 is 29.0 Å². The van der Waals surface area contributed by atoms with Crippen molar-refractivity contribution in [3.8, 4) is 0 Å². The van der Waals surface area contributed by atoms with E-state index in [0.29, 0.717) is 12.8 Å². The van der Waals surface area contributed by atoms with E-state index < -0.39 is 24.7 Å². The quantitative estimate of drug-likeness (QED) is 0.295. The fraction of sp³-hybridized carbons (Fsp3) is 0.308. The minimum absolute atomic E-state index is 0.449. The van der Waals surface area contributed by atoms with Gasteiger partial charge in [0.2, 0.25) is 6.79 Å². The van der Waals surface area contributed by atoms with Gasteiger partial charge in [0.15, 0.2) is 0 Å². The van der Waals surface area contributed by atoms with Crippen LogP contribution in [-0.4, -0.2) is 29.8 Å². The van der Waals surface area contributed by atoms with Gasteiger partial charge in [0, 0.05) is 18.2 Å². The molecule has 0 radical (unpaired) electrons. The standard InChI is InChI=1S/C13H16O6/c1-2-12(16)18-10-19-13(17)9-7-5-3-4-6-8-11(14)15/h2,6-9H,1,3-5,10H2,(H,14,15). The number of hydrogen-bond donors (Lipinski definition) is 1. The largest absolute Gasteiger partial charge is 0.478 e. The molecule has 0 aromatic carbocycles. The van der Waals surface area contributed by atoms with Crippen LogP contribution in [0.5, 0.6) is 0 Å². The number of carboxylic acids is 1. The Kier molecular flexibility index (Phi) is 9.42. The lowest BCUT2D eigenvalue weighted by atomic mass is 10.2. The highest BCUT2D eigenvalue weighted by Gasteiger charge is 1.98. The van der Waals surface area contributed by atoms with Crippen LogP contribution in [0.15, 0.2) is 37.0 Å². The summed E-state index contributed by atoms with van der Waals surface area (Å²) in [7, 11) is 0. The normalized spacial score (nSPS) is 10.5. The third kappa shape index (κ3) is 11.9. The van der Waals surface area contributed by atoms with Crippen molar-refractivity contribution in [2.24, 2.45) is 0 Å². The van der Waals surface area contributed by atoms with Gasteiger partial charge in [-0.3, -0.25) is 0 Å². The number of hydrogen-bond acceptors (Lipinski definition) is 5. The molecule has 0 atom stereocenters. The highest BCUT2D eigenvalue weighted by molar-refractivity contribution is 5.83. The first-order valence-corrected chi connectivity index (χ1v) is 5.58. The Labute approximate surface area is 111 Å². The highest BCUT2D eigenvalue weighted by Crippen LogP contribution is 1.98. The lowest BCUT2D eigenvalue weighted by Gasteiger charge is -2.01. The topological polar surface area (TPSA) is 89.9 Å². The molecule has 19 heavy (non-hydrogen) atoms. The van der Waals surface area contributed by atoms with Crippen molar-refractivity contribution in [2.75, 3.05) is 6.79 Å². The van der Waals surface area contributed by atoms with E-state index in [1.165, 1.54) is 6.08 Å². The van der Waals surface area contributed by atoms with E-state index in [1.54, 1.807) is 12.2 Å². The fourth-order valence-electron chi connectivity index (χ4n) is 0.970.